The van der Waals surface area contributed by atoms with E-state index in [0.717, 1.165) is 27.9 Å². The Morgan fingerprint density at radius 3 is 2.00 bits per heavy atom. The smallest absolute Gasteiger partial charge is 0.257 e. The van der Waals surface area contributed by atoms with Crippen LogP contribution in [0.1, 0.15) is 5.56 Å². The molecule has 2 aromatic heterocycles. The van der Waals surface area contributed by atoms with Gasteiger partial charge in [0.2, 0.25) is 0 Å². The van der Waals surface area contributed by atoms with E-state index in [2.05, 4.69) is 4.98 Å². The standard InChI is InChI=1S/C23H18N2O/c1-17-12-13-22(24-16-17)25-21(19-10-6-3-7-11-19)14-20(15-23(25)26)18-8-4-2-5-9-18/h2-16H,1H3. The maximum Gasteiger partial charge on any atom is 0.257 e. The van der Waals surface area contributed by atoms with Crippen LogP contribution in [0.4, 0.5) is 0 Å². The van der Waals surface area contributed by atoms with E-state index in [1.807, 2.05) is 85.8 Å². The molecule has 26 heavy (non-hydrogen) atoms. The van der Waals surface area contributed by atoms with Crippen molar-refractivity contribution in [1.29, 1.82) is 0 Å². The third-order valence-corrected chi connectivity index (χ3v) is 4.33. The molecule has 126 valence electrons. The van der Waals surface area contributed by atoms with Crippen molar-refractivity contribution in [3.05, 3.63) is 107 Å². The molecule has 0 amide bonds. The maximum atomic E-state index is 13.0. The lowest BCUT2D eigenvalue weighted by molar-refractivity contribution is 0.947. The van der Waals surface area contributed by atoms with Crippen LogP contribution in [0.3, 0.4) is 0 Å². The summed E-state index contributed by atoms with van der Waals surface area (Å²) in [5.41, 5.74) is 4.69. The molecule has 0 unspecified atom stereocenters. The summed E-state index contributed by atoms with van der Waals surface area (Å²) in [7, 11) is 0. The van der Waals surface area contributed by atoms with Crippen molar-refractivity contribution in [2.45, 2.75) is 6.92 Å². The molecule has 0 aliphatic heterocycles. The van der Waals surface area contributed by atoms with Gasteiger partial charge >= 0.3 is 0 Å². The molecule has 0 spiro atoms. The van der Waals surface area contributed by atoms with Gasteiger partial charge in [0.05, 0.1) is 5.69 Å². The lowest BCUT2D eigenvalue weighted by Crippen LogP contribution is -2.20. The van der Waals surface area contributed by atoms with Gasteiger partial charge in [-0.05, 0) is 41.3 Å². The monoisotopic (exact) mass is 338 g/mol. The second-order valence-corrected chi connectivity index (χ2v) is 6.23. The summed E-state index contributed by atoms with van der Waals surface area (Å²) >= 11 is 0. The van der Waals surface area contributed by atoms with Crippen LogP contribution in [0, 0.1) is 6.92 Å². The molecular formula is C23H18N2O. The van der Waals surface area contributed by atoms with Gasteiger partial charge in [0.15, 0.2) is 0 Å². The van der Waals surface area contributed by atoms with Crippen molar-refractivity contribution >= 4 is 0 Å². The fourth-order valence-electron chi connectivity index (χ4n) is 3.02. The van der Waals surface area contributed by atoms with Crippen molar-refractivity contribution in [3.8, 4) is 28.2 Å². The second kappa shape index (κ2) is 6.81. The van der Waals surface area contributed by atoms with E-state index in [-0.39, 0.29) is 5.56 Å². The molecule has 0 aliphatic carbocycles. The van der Waals surface area contributed by atoms with Gasteiger partial charge in [-0.2, -0.15) is 0 Å². The van der Waals surface area contributed by atoms with Gasteiger partial charge in [-0.15, -0.1) is 0 Å². The van der Waals surface area contributed by atoms with E-state index < -0.39 is 0 Å². The molecule has 4 aromatic rings. The highest BCUT2D eigenvalue weighted by Crippen LogP contribution is 2.26. The van der Waals surface area contributed by atoms with Gasteiger partial charge in [0.25, 0.3) is 5.56 Å². The average molecular weight is 338 g/mol. The van der Waals surface area contributed by atoms with E-state index in [9.17, 15) is 4.79 Å². The molecule has 4 rings (SSSR count). The van der Waals surface area contributed by atoms with Gasteiger partial charge in [0, 0.05) is 12.3 Å². The Bertz CT molecular complexity index is 1080. The number of aryl methyl sites for hydroxylation is 1. The van der Waals surface area contributed by atoms with Crippen molar-refractivity contribution in [3.63, 3.8) is 0 Å². The Hall–Kier alpha value is -3.46. The molecule has 2 heterocycles. The normalized spacial score (nSPS) is 10.7. The predicted octanol–water partition coefficient (Wildman–Crippen LogP) is 4.87. The summed E-state index contributed by atoms with van der Waals surface area (Å²) in [6, 6.07) is 27.4. The van der Waals surface area contributed by atoms with Gasteiger partial charge < -0.3 is 0 Å². The molecule has 0 aliphatic rings. The zero-order valence-corrected chi connectivity index (χ0v) is 14.5. The largest absolute Gasteiger partial charge is 0.269 e. The fraction of sp³-hybridized carbons (Fsp3) is 0.0435. The number of aromatic nitrogens is 2. The van der Waals surface area contributed by atoms with Gasteiger partial charge in [-0.1, -0.05) is 66.7 Å². The summed E-state index contributed by atoms with van der Waals surface area (Å²) < 4.78 is 1.67. The fourth-order valence-corrected chi connectivity index (χ4v) is 3.02. The lowest BCUT2D eigenvalue weighted by atomic mass is 10.0. The molecule has 0 N–H and O–H groups in total. The Morgan fingerprint density at radius 2 is 1.38 bits per heavy atom. The van der Waals surface area contributed by atoms with Crippen molar-refractivity contribution < 1.29 is 0 Å². The molecule has 0 saturated carbocycles. The number of pyridine rings is 2. The Kier molecular flexibility index (Phi) is 4.20. The first kappa shape index (κ1) is 16.0. The number of hydrogen-bond acceptors (Lipinski definition) is 2. The molecular weight excluding hydrogens is 320 g/mol. The van der Waals surface area contributed by atoms with E-state index in [0.29, 0.717) is 5.82 Å². The molecule has 0 radical (unpaired) electrons. The first-order valence-electron chi connectivity index (χ1n) is 8.53. The summed E-state index contributed by atoms with van der Waals surface area (Å²) in [5.74, 6) is 0.624. The third kappa shape index (κ3) is 3.07. The van der Waals surface area contributed by atoms with E-state index in [4.69, 9.17) is 0 Å². The van der Waals surface area contributed by atoms with Crippen LogP contribution < -0.4 is 5.56 Å². The van der Waals surface area contributed by atoms with Crippen LogP contribution in [-0.4, -0.2) is 9.55 Å². The topological polar surface area (TPSA) is 34.9 Å². The molecule has 0 atom stereocenters. The third-order valence-electron chi connectivity index (χ3n) is 4.33. The summed E-state index contributed by atoms with van der Waals surface area (Å²) in [4.78, 5) is 17.5. The van der Waals surface area contributed by atoms with Crippen molar-refractivity contribution in [2.24, 2.45) is 0 Å². The van der Waals surface area contributed by atoms with Crippen LogP contribution >= 0.6 is 0 Å². The molecule has 3 heteroatoms. The number of nitrogens with zero attached hydrogens (tertiary/aromatic N) is 2. The van der Waals surface area contributed by atoms with Gasteiger partial charge in [-0.3, -0.25) is 9.36 Å². The molecule has 3 nitrogen and oxygen atoms in total. The van der Waals surface area contributed by atoms with Gasteiger partial charge in [-0.25, -0.2) is 4.98 Å². The van der Waals surface area contributed by atoms with Crippen LogP contribution in [0.5, 0.6) is 0 Å². The number of hydrogen-bond donors (Lipinski definition) is 0. The highest BCUT2D eigenvalue weighted by molar-refractivity contribution is 5.71. The quantitative estimate of drug-likeness (QED) is 0.534. The Morgan fingerprint density at radius 1 is 0.731 bits per heavy atom. The van der Waals surface area contributed by atoms with Crippen LogP contribution in [0.2, 0.25) is 0 Å². The Labute approximate surface area is 152 Å². The molecule has 0 bridgehead atoms. The van der Waals surface area contributed by atoms with Gasteiger partial charge in [0.1, 0.15) is 5.82 Å². The second-order valence-electron chi connectivity index (χ2n) is 6.23. The van der Waals surface area contributed by atoms with Crippen molar-refractivity contribution in [2.75, 3.05) is 0 Å². The predicted molar refractivity (Wildman–Crippen MR) is 105 cm³/mol. The minimum Gasteiger partial charge on any atom is -0.269 e. The van der Waals surface area contributed by atoms with E-state index in [1.54, 1.807) is 16.8 Å². The van der Waals surface area contributed by atoms with Crippen LogP contribution in [0.25, 0.3) is 28.2 Å². The minimum atomic E-state index is -0.0958. The lowest BCUT2D eigenvalue weighted by Gasteiger charge is -2.14. The first-order valence-corrected chi connectivity index (χ1v) is 8.53. The van der Waals surface area contributed by atoms with Crippen molar-refractivity contribution in [1.82, 2.24) is 9.55 Å². The average Bonchev–Trinajstić information content (AvgIpc) is 2.70. The number of benzene rings is 2. The zero-order chi connectivity index (χ0) is 17.9. The number of rotatable bonds is 3. The minimum absolute atomic E-state index is 0.0958. The molecule has 0 fully saturated rings. The Balaban J connectivity index is 1.99. The molecule has 0 saturated heterocycles. The SMILES string of the molecule is Cc1ccc(-n2c(-c3ccccc3)cc(-c3ccccc3)cc2=O)nc1. The molecule has 2 aromatic carbocycles. The van der Waals surface area contributed by atoms with Crippen LogP contribution in [0.15, 0.2) is 95.9 Å². The summed E-state index contributed by atoms with van der Waals surface area (Å²) in [5, 5.41) is 0. The maximum absolute atomic E-state index is 13.0. The van der Waals surface area contributed by atoms with E-state index >= 15 is 0 Å². The zero-order valence-electron chi connectivity index (χ0n) is 14.5. The summed E-state index contributed by atoms with van der Waals surface area (Å²) in [6.45, 7) is 1.98. The highest BCUT2D eigenvalue weighted by Gasteiger charge is 2.12. The van der Waals surface area contributed by atoms with E-state index in [1.165, 1.54) is 0 Å². The highest BCUT2D eigenvalue weighted by atomic mass is 16.1. The summed E-state index contributed by atoms with van der Waals surface area (Å²) in [6.07, 6.45) is 1.78. The first-order chi connectivity index (χ1) is 12.7. The van der Waals surface area contributed by atoms with Crippen LogP contribution in [-0.2, 0) is 0 Å².